The average molecular weight is 401 g/mol. The first kappa shape index (κ1) is 18.6. The molecule has 1 aromatic heterocycles. The molecule has 3 aromatic rings. The van der Waals surface area contributed by atoms with Gasteiger partial charge in [0.1, 0.15) is 11.6 Å². The van der Waals surface area contributed by atoms with Crippen LogP contribution in [0.2, 0.25) is 0 Å². The summed E-state index contributed by atoms with van der Waals surface area (Å²) in [5.41, 5.74) is 1.65. The predicted molar refractivity (Wildman–Crippen MR) is 111 cm³/mol. The number of hydrogen-bond acceptors (Lipinski definition) is 3. The van der Waals surface area contributed by atoms with Crippen LogP contribution in [-0.2, 0) is 17.8 Å². The van der Waals surface area contributed by atoms with Crippen molar-refractivity contribution < 1.29 is 9.18 Å². The van der Waals surface area contributed by atoms with Crippen LogP contribution < -0.4 is 10.9 Å². The number of benzene rings is 2. The first-order valence-electron chi connectivity index (χ1n) is 10.1. The molecule has 1 atom stereocenters. The minimum atomic E-state index is -0.325. The van der Waals surface area contributed by atoms with E-state index in [2.05, 4.69) is 17.2 Å². The van der Waals surface area contributed by atoms with E-state index < -0.39 is 0 Å². The van der Waals surface area contributed by atoms with E-state index in [9.17, 15) is 14.0 Å². The Balaban J connectivity index is 1.50. The summed E-state index contributed by atoms with van der Waals surface area (Å²) in [6.45, 7) is 0.554. The zero-order valence-corrected chi connectivity index (χ0v) is 16.4. The quantitative estimate of drug-likeness (QED) is 0.589. The zero-order valence-electron chi connectivity index (χ0n) is 16.4. The van der Waals surface area contributed by atoms with Gasteiger partial charge in [-0.1, -0.05) is 17.9 Å². The molecule has 2 aromatic carbocycles. The second-order valence-corrected chi connectivity index (χ2v) is 8.06. The summed E-state index contributed by atoms with van der Waals surface area (Å²) in [4.78, 5) is 29.6. The maximum Gasteiger partial charge on any atom is 0.261 e. The first-order chi connectivity index (χ1) is 14.5. The smallest absolute Gasteiger partial charge is 0.261 e. The number of amides is 1. The van der Waals surface area contributed by atoms with Gasteiger partial charge in [-0.3, -0.25) is 14.2 Å². The lowest BCUT2D eigenvalue weighted by Crippen LogP contribution is -2.42. The molecule has 1 spiro atoms. The van der Waals surface area contributed by atoms with E-state index in [1.54, 1.807) is 28.8 Å². The Morgan fingerprint density at radius 1 is 1.00 bits per heavy atom. The van der Waals surface area contributed by atoms with Gasteiger partial charge in [0.2, 0.25) is 5.91 Å². The molecule has 5 nitrogen and oxygen atoms in total. The lowest BCUT2D eigenvalue weighted by Gasteiger charge is -2.26. The van der Waals surface area contributed by atoms with Crippen molar-refractivity contribution in [3.8, 4) is 11.8 Å². The molecule has 2 aliphatic rings. The lowest BCUT2D eigenvalue weighted by atomic mass is 9.89. The van der Waals surface area contributed by atoms with E-state index >= 15 is 0 Å². The molecule has 1 saturated heterocycles. The summed E-state index contributed by atoms with van der Waals surface area (Å²) < 4.78 is 15.1. The van der Waals surface area contributed by atoms with Crippen LogP contribution in [0, 0.1) is 17.7 Å². The third-order valence-corrected chi connectivity index (χ3v) is 6.09. The molecule has 0 saturated carbocycles. The fraction of sp³-hybridized carbons (Fsp3) is 0.292. The highest BCUT2D eigenvalue weighted by Gasteiger charge is 2.39. The van der Waals surface area contributed by atoms with Gasteiger partial charge >= 0.3 is 0 Å². The SMILES string of the molecule is O=C1CCC2(CCc3nc4cc(C#Cc5cccc(F)c5)ccc4c(=O)n3CC2)N1. The molecular weight excluding hydrogens is 381 g/mol. The van der Waals surface area contributed by atoms with Crippen LogP contribution in [0.4, 0.5) is 4.39 Å². The molecule has 1 unspecified atom stereocenters. The van der Waals surface area contributed by atoms with Crippen molar-refractivity contribution in [1.82, 2.24) is 14.9 Å². The second kappa shape index (κ2) is 7.10. The number of rotatable bonds is 0. The maximum absolute atomic E-state index is 13.3. The highest BCUT2D eigenvalue weighted by molar-refractivity contribution is 5.80. The van der Waals surface area contributed by atoms with Gasteiger partial charge in [0.05, 0.1) is 10.9 Å². The molecule has 5 rings (SSSR count). The van der Waals surface area contributed by atoms with Crippen molar-refractivity contribution in [3.05, 3.63) is 75.6 Å². The van der Waals surface area contributed by atoms with Crippen molar-refractivity contribution in [2.75, 3.05) is 0 Å². The van der Waals surface area contributed by atoms with E-state index in [0.717, 1.165) is 30.7 Å². The van der Waals surface area contributed by atoms with Gasteiger partial charge in [0, 0.05) is 36.1 Å². The van der Waals surface area contributed by atoms with Gasteiger partial charge in [0.15, 0.2) is 0 Å². The van der Waals surface area contributed by atoms with E-state index in [1.807, 2.05) is 6.07 Å². The Bertz CT molecular complexity index is 1300. The molecule has 0 bridgehead atoms. The highest BCUT2D eigenvalue weighted by atomic mass is 19.1. The van der Waals surface area contributed by atoms with Crippen LogP contribution in [0.5, 0.6) is 0 Å². The second-order valence-electron chi connectivity index (χ2n) is 8.06. The maximum atomic E-state index is 13.3. The standard InChI is InChI=1S/C24H20FN3O2/c25-18-3-1-2-16(14-18)4-5-17-6-7-19-20(15-17)26-21-8-10-24(11-9-22(29)27-24)12-13-28(21)23(19)30/h1-3,6-7,14-15H,8-13H2,(H,27,29). The molecule has 3 heterocycles. The fourth-order valence-corrected chi connectivity index (χ4v) is 4.43. The Labute approximate surface area is 172 Å². The van der Waals surface area contributed by atoms with Crippen LogP contribution in [0.25, 0.3) is 10.9 Å². The van der Waals surface area contributed by atoms with Gasteiger partial charge in [-0.05, 0) is 55.7 Å². The Hall–Kier alpha value is -3.46. The predicted octanol–water partition coefficient (Wildman–Crippen LogP) is 2.92. The van der Waals surface area contributed by atoms with Crippen LogP contribution in [-0.4, -0.2) is 21.0 Å². The minimum Gasteiger partial charge on any atom is -0.351 e. The van der Waals surface area contributed by atoms with Crippen molar-refractivity contribution in [1.29, 1.82) is 0 Å². The van der Waals surface area contributed by atoms with Gasteiger partial charge in [-0.2, -0.15) is 0 Å². The molecule has 1 N–H and O–H groups in total. The topological polar surface area (TPSA) is 64.0 Å². The molecule has 0 radical (unpaired) electrons. The lowest BCUT2D eigenvalue weighted by molar-refractivity contribution is -0.119. The summed E-state index contributed by atoms with van der Waals surface area (Å²) in [7, 11) is 0. The molecule has 150 valence electrons. The molecule has 1 fully saturated rings. The molecule has 30 heavy (non-hydrogen) atoms. The zero-order chi connectivity index (χ0) is 20.7. The van der Waals surface area contributed by atoms with Crippen molar-refractivity contribution >= 4 is 16.8 Å². The molecule has 1 amide bonds. The third-order valence-electron chi connectivity index (χ3n) is 6.09. The number of carbonyl (C=O) groups is 1. The van der Waals surface area contributed by atoms with Gasteiger partial charge in [0.25, 0.3) is 5.56 Å². The van der Waals surface area contributed by atoms with Crippen molar-refractivity contribution in [3.63, 3.8) is 0 Å². The fourth-order valence-electron chi connectivity index (χ4n) is 4.43. The van der Waals surface area contributed by atoms with E-state index in [1.165, 1.54) is 12.1 Å². The number of fused-ring (bicyclic) bond motifs is 2. The largest absolute Gasteiger partial charge is 0.351 e. The number of aromatic nitrogens is 2. The summed E-state index contributed by atoms with van der Waals surface area (Å²) in [6.07, 6.45) is 3.54. The molecule has 6 heteroatoms. The number of hydrogen-bond donors (Lipinski definition) is 1. The van der Waals surface area contributed by atoms with Crippen LogP contribution >= 0.6 is 0 Å². The Kier molecular flexibility index (Phi) is 4.39. The summed E-state index contributed by atoms with van der Waals surface area (Å²) in [5, 5.41) is 3.68. The van der Waals surface area contributed by atoms with Gasteiger partial charge in [-0.25, -0.2) is 9.37 Å². The summed E-state index contributed by atoms with van der Waals surface area (Å²) in [6, 6.07) is 11.5. The van der Waals surface area contributed by atoms with E-state index in [4.69, 9.17) is 4.98 Å². The molecular formula is C24H20FN3O2. The van der Waals surface area contributed by atoms with Gasteiger partial charge in [-0.15, -0.1) is 0 Å². The first-order valence-corrected chi connectivity index (χ1v) is 10.1. The van der Waals surface area contributed by atoms with E-state index in [-0.39, 0.29) is 22.8 Å². The number of aryl methyl sites for hydroxylation is 1. The molecule has 2 aliphatic heterocycles. The minimum absolute atomic E-state index is 0.0546. The number of nitrogens with one attached hydrogen (secondary N) is 1. The summed E-state index contributed by atoms with van der Waals surface area (Å²) in [5.74, 6) is 6.49. The van der Waals surface area contributed by atoms with E-state index in [0.29, 0.717) is 35.9 Å². The highest BCUT2D eigenvalue weighted by Crippen LogP contribution is 2.31. The normalized spacial score (nSPS) is 20.4. The van der Waals surface area contributed by atoms with Gasteiger partial charge < -0.3 is 5.32 Å². The monoisotopic (exact) mass is 401 g/mol. The number of halogens is 1. The Morgan fingerprint density at radius 2 is 1.80 bits per heavy atom. The van der Waals surface area contributed by atoms with Crippen molar-refractivity contribution in [2.24, 2.45) is 0 Å². The average Bonchev–Trinajstić information content (AvgIpc) is 3.01. The van der Waals surface area contributed by atoms with Crippen LogP contribution in [0.3, 0.4) is 0 Å². The molecule has 0 aliphatic carbocycles. The van der Waals surface area contributed by atoms with Crippen LogP contribution in [0.15, 0.2) is 47.3 Å². The van der Waals surface area contributed by atoms with Crippen LogP contribution in [0.1, 0.15) is 42.6 Å². The number of nitrogens with zero attached hydrogens (tertiary/aromatic N) is 2. The Morgan fingerprint density at radius 3 is 2.57 bits per heavy atom. The summed E-state index contributed by atoms with van der Waals surface area (Å²) >= 11 is 0. The third kappa shape index (κ3) is 3.37. The van der Waals surface area contributed by atoms with Crippen molar-refractivity contribution in [2.45, 2.75) is 44.2 Å². The number of carbonyl (C=O) groups excluding carboxylic acids is 1.